The van der Waals surface area contributed by atoms with Gasteiger partial charge in [0.05, 0.1) is 24.2 Å². The Morgan fingerprint density at radius 3 is 2.57 bits per heavy atom. The van der Waals surface area contributed by atoms with E-state index in [0.29, 0.717) is 16.8 Å². The fraction of sp³-hybridized carbons (Fsp3) is 0.250. The third-order valence-corrected chi connectivity index (χ3v) is 3.85. The van der Waals surface area contributed by atoms with Crippen LogP contribution in [0.1, 0.15) is 17.2 Å². The monoisotopic (exact) mass is 351 g/mol. The van der Waals surface area contributed by atoms with Crippen molar-refractivity contribution < 1.29 is 14.9 Å². The van der Waals surface area contributed by atoms with Crippen LogP contribution in [0.3, 0.4) is 0 Å². The summed E-state index contributed by atoms with van der Waals surface area (Å²) < 4.78 is 5.71. The molecule has 2 aromatic rings. The Balaban J connectivity index is 2.10. The van der Waals surface area contributed by atoms with Gasteiger partial charge >= 0.3 is 0 Å². The Morgan fingerprint density at radius 2 is 1.95 bits per heavy atom. The molecule has 0 heterocycles. The van der Waals surface area contributed by atoms with Gasteiger partial charge in [-0.25, -0.2) is 0 Å². The maximum absolute atomic E-state index is 9.79. The molecule has 0 saturated carbocycles. The van der Waals surface area contributed by atoms with Crippen molar-refractivity contribution in [3.05, 3.63) is 58.1 Å². The van der Waals surface area contributed by atoms with Gasteiger partial charge in [-0.3, -0.25) is 0 Å². The number of aliphatic hydroxyl groups is 1. The third-order valence-electron chi connectivity index (χ3n) is 3.25. The zero-order valence-electron chi connectivity index (χ0n) is 11.7. The number of nitrogens with one attached hydrogen (secondary N) is 1. The molecule has 5 heteroatoms. The number of hydrogen-bond acceptors (Lipinski definition) is 4. The highest BCUT2D eigenvalue weighted by molar-refractivity contribution is 9.10. The molecule has 0 aliphatic rings. The fourth-order valence-electron chi connectivity index (χ4n) is 2.10. The standard InChI is InChI=1S/C16H18BrNO3/c1-21-15-8-11(7-13(17)16(15)20)9-18-14(10-19)12-5-3-2-4-6-12/h2-8,14,18-20H,9-10H2,1H3. The first-order valence-corrected chi connectivity index (χ1v) is 7.39. The zero-order chi connectivity index (χ0) is 15.2. The van der Waals surface area contributed by atoms with Crippen LogP contribution >= 0.6 is 15.9 Å². The van der Waals surface area contributed by atoms with Crippen LogP contribution in [0.2, 0.25) is 0 Å². The van der Waals surface area contributed by atoms with Gasteiger partial charge in [0.15, 0.2) is 11.5 Å². The van der Waals surface area contributed by atoms with Gasteiger partial charge in [-0.2, -0.15) is 0 Å². The lowest BCUT2D eigenvalue weighted by Gasteiger charge is -2.17. The highest BCUT2D eigenvalue weighted by Crippen LogP contribution is 2.35. The molecule has 0 bridgehead atoms. The molecule has 3 N–H and O–H groups in total. The van der Waals surface area contributed by atoms with Gasteiger partial charge < -0.3 is 20.3 Å². The summed E-state index contributed by atoms with van der Waals surface area (Å²) in [5.41, 5.74) is 1.98. The van der Waals surface area contributed by atoms with Crippen LogP contribution in [-0.4, -0.2) is 23.9 Å². The number of halogens is 1. The summed E-state index contributed by atoms with van der Waals surface area (Å²) in [5.74, 6) is 0.504. The normalized spacial score (nSPS) is 12.1. The van der Waals surface area contributed by atoms with Crippen molar-refractivity contribution in [1.29, 1.82) is 0 Å². The Kier molecular flexibility index (Phi) is 5.61. The quantitative estimate of drug-likeness (QED) is 0.748. The summed E-state index contributed by atoms with van der Waals surface area (Å²) in [4.78, 5) is 0. The number of aliphatic hydroxyl groups excluding tert-OH is 1. The van der Waals surface area contributed by atoms with Gasteiger partial charge in [-0.05, 0) is 39.2 Å². The van der Waals surface area contributed by atoms with Crippen LogP contribution < -0.4 is 10.1 Å². The van der Waals surface area contributed by atoms with Crippen LogP contribution in [0.5, 0.6) is 11.5 Å². The Bertz CT molecular complexity index is 590. The Morgan fingerprint density at radius 1 is 1.24 bits per heavy atom. The largest absolute Gasteiger partial charge is 0.503 e. The van der Waals surface area contributed by atoms with E-state index in [9.17, 15) is 10.2 Å². The average Bonchev–Trinajstić information content (AvgIpc) is 2.52. The molecular weight excluding hydrogens is 334 g/mol. The summed E-state index contributed by atoms with van der Waals surface area (Å²) in [5, 5.41) is 22.6. The van der Waals surface area contributed by atoms with Crippen LogP contribution in [0, 0.1) is 0 Å². The number of hydrogen-bond donors (Lipinski definition) is 3. The second kappa shape index (κ2) is 7.45. The summed E-state index contributed by atoms with van der Waals surface area (Å²) >= 11 is 3.30. The predicted octanol–water partition coefficient (Wildman–Crippen LogP) is 2.99. The van der Waals surface area contributed by atoms with Gasteiger partial charge in [0.25, 0.3) is 0 Å². The van der Waals surface area contributed by atoms with Crippen molar-refractivity contribution in [3.8, 4) is 11.5 Å². The second-order valence-corrected chi connectivity index (χ2v) is 5.51. The maximum atomic E-state index is 9.79. The van der Waals surface area contributed by atoms with Crippen molar-refractivity contribution in [3.63, 3.8) is 0 Å². The number of ether oxygens (including phenoxy) is 1. The predicted molar refractivity (Wildman–Crippen MR) is 85.5 cm³/mol. The number of rotatable bonds is 6. The SMILES string of the molecule is COc1cc(CNC(CO)c2ccccc2)cc(Br)c1O. The molecule has 0 aliphatic carbocycles. The van der Waals surface area contributed by atoms with E-state index in [1.807, 2.05) is 36.4 Å². The van der Waals surface area contributed by atoms with E-state index >= 15 is 0 Å². The van der Waals surface area contributed by atoms with Gasteiger partial charge in [0, 0.05) is 6.54 Å². The highest BCUT2D eigenvalue weighted by atomic mass is 79.9. The molecule has 0 radical (unpaired) electrons. The number of benzene rings is 2. The van der Waals surface area contributed by atoms with E-state index in [-0.39, 0.29) is 18.4 Å². The van der Waals surface area contributed by atoms with E-state index < -0.39 is 0 Å². The van der Waals surface area contributed by atoms with Gasteiger partial charge in [-0.15, -0.1) is 0 Å². The van der Waals surface area contributed by atoms with Gasteiger partial charge in [0.2, 0.25) is 0 Å². The van der Waals surface area contributed by atoms with Crippen molar-refractivity contribution in [2.45, 2.75) is 12.6 Å². The van der Waals surface area contributed by atoms with Crippen molar-refractivity contribution in [1.82, 2.24) is 5.32 Å². The first-order valence-electron chi connectivity index (χ1n) is 6.60. The van der Waals surface area contributed by atoms with E-state index in [1.165, 1.54) is 7.11 Å². The van der Waals surface area contributed by atoms with E-state index in [2.05, 4.69) is 21.2 Å². The molecule has 112 valence electrons. The molecule has 0 fully saturated rings. The fourth-order valence-corrected chi connectivity index (χ4v) is 2.59. The summed E-state index contributed by atoms with van der Waals surface area (Å²) in [7, 11) is 1.51. The zero-order valence-corrected chi connectivity index (χ0v) is 13.3. The van der Waals surface area contributed by atoms with E-state index in [0.717, 1.165) is 11.1 Å². The third kappa shape index (κ3) is 3.97. The number of methoxy groups -OCH3 is 1. The molecule has 21 heavy (non-hydrogen) atoms. The Labute approximate surface area is 132 Å². The summed E-state index contributed by atoms with van der Waals surface area (Å²) in [6.45, 7) is 0.565. The average molecular weight is 352 g/mol. The molecule has 0 saturated heterocycles. The first kappa shape index (κ1) is 15.8. The highest BCUT2D eigenvalue weighted by Gasteiger charge is 2.12. The van der Waals surface area contributed by atoms with Crippen LogP contribution in [-0.2, 0) is 6.54 Å². The minimum atomic E-state index is -0.134. The molecule has 0 aromatic heterocycles. The summed E-state index contributed by atoms with van der Waals surface area (Å²) in [6, 6.07) is 13.2. The molecule has 4 nitrogen and oxygen atoms in total. The molecule has 2 aromatic carbocycles. The van der Waals surface area contributed by atoms with Crippen molar-refractivity contribution in [2.75, 3.05) is 13.7 Å². The smallest absolute Gasteiger partial charge is 0.172 e. The topological polar surface area (TPSA) is 61.7 Å². The van der Waals surface area contributed by atoms with Gasteiger partial charge in [0.1, 0.15) is 0 Å². The number of aromatic hydroxyl groups is 1. The molecular formula is C16H18BrNO3. The lowest BCUT2D eigenvalue weighted by atomic mass is 10.1. The lowest BCUT2D eigenvalue weighted by molar-refractivity contribution is 0.243. The molecule has 0 aliphatic heterocycles. The molecule has 2 rings (SSSR count). The lowest BCUT2D eigenvalue weighted by Crippen LogP contribution is -2.23. The number of phenolic OH excluding ortho intramolecular Hbond substituents is 1. The Hall–Kier alpha value is -1.56. The molecule has 1 unspecified atom stereocenters. The molecule has 1 atom stereocenters. The van der Waals surface area contributed by atoms with Crippen LogP contribution in [0.4, 0.5) is 0 Å². The minimum Gasteiger partial charge on any atom is -0.503 e. The molecule has 0 spiro atoms. The number of phenols is 1. The second-order valence-electron chi connectivity index (χ2n) is 4.66. The van der Waals surface area contributed by atoms with Crippen LogP contribution in [0.15, 0.2) is 46.9 Å². The summed E-state index contributed by atoms with van der Waals surface area (Å²) in [6.07, 6.45) is 0. The first-order chi connectivity index (χ1) is 10.2. The molecule has 0 amide bonds. The minimum absolute atomic E-state index is 0.0143. The van der Waals surface area contributed by atoms with Crippen molar-refractivity contribution in [2.24, 2.45) is 0 Å². The maximum Gasteiger partial charge on any atom is 0.172 e. The van der Waals surface area contributed by atoms with Gasteiger partial charge in [-0.1, -0.05) is 30.3 Å². The van der Waals surface area contributed by atoms with E-state index in [1.54, 1.807) is 6.07 Å². The van der Waals surface area contributed by atoms with E-state index in [4.69, 9.17) is 4.74 Å². The van der Waals surface area contributed by atoms with Crippen LogP contribution in [0.25, 0.3) is 0 Å². The van der Waals surface area contributed by atoms with Crippen molar-refractivity contribution >= 4 is 15.9 Å².